The standard InChI is InChI=1S/C27H26F3N3O3/c1-36-25(34)14-17-2-4-18(5-3-17)19-6-8-20(9-7-19)23-12-10-21(15-31-23)26(35)33-22-11-13-24(32-16-22)27(28,29)30/h6-13,15-18H,2-5,14H2,1H3,(H,33,35). The van der Waals surface area contributed by atoms with Crippen LogP contribution < -0.4 is 5.32 Å². The highest BCUT2D eigenvalue weighted by molar-refractivity contribution is 6.04. The third kappa shape index (κ3) is 6.27. The largest absolute Gasteiger partial charge is 0.469 e. The first kappa shape index (κ1) is 25.3. The van der Waals surface area contributed by atoms with Crippen molar-refractivity contribution in [3.05, 3.63) is 77.7 Å². The van der Waals surface area contributed by atoms with Crippen molar-refractivity contribution in [1.29, 1.82) is 0 Å². The molecule has 2 heterocycles. The lowest BCUT2D eigenvalue weighted by atomic mass is 9.77. The number of hydrogen-bond donors (Lipinski definition) is 1. The SMILES string of the molecule is COC(=O)CC1CCC(c2ccc(-c3ccc(C(=O)Nc4ccc(C(F)(F)F)nc4)cn3)cc2)CC1. The fourth-order valence-electron chi connectivity index (χ4n) is 4.48. The van der Waals surface area contributed by atoms with Crippen LogP contribution >= 0.6 is 0 Å². The maximum Gasteiger partial charge on any atom is 0.433 e. The van der Waals surface area contributed by atoms with Crippen molar-refractivity contribution in [3.63, 3.8) is 0 Å². The number of benzene rings is 1. The number of carbonyl (C=O) groups excluding carboxylic acids is 2. The smallest absolute Gasteiger partial charge is 0.433 e. The lowest BCUT2D eigenvalue weighted by Crippen LogP contribution is -2.17. The van der Waals surface area contributed by atoms with Crippen LogP contribution in [0.4, 0.5) is 18.9 Å². The zero-order valence-corrected chi connectivity index (χ0v) is 19.7. The second-order valence-corrected chi connectivity index (χ2v) is 8.94. The first-order chi connectivity index (χ1) is 17.2. The van der Waals surface area contributed by atoms with Crippen molar-refractivity contribution in [2.45, 2.75) is 44.2 Å². The van der Waals surface area contributed by atoms with Gasteiger partial charge in [0.05, 0.1) is 30.3 Å². The third-order valence-electron chi connectivity index (χ3n) is 6.55. The number of aromatic nitrogens is 2. The molecular formula is C27H26F3N3O3. The average Bonchev–Trinajstić information content (AvgIpc) is 2.89. The third-order valence-corrected chi connectivity index (χ3v) is 6.55. The van der Waals surface area contributed by atoms with Gasteiger partial charge in [-0.1, -0.05) is 24.3 Å². The summed E-state index contributed by atoms with van der Waals surface area (Å²) in [5.41, 5.74) is 2.29. The van der Waals surface area contributed by atoms with E-state index >= 15 is 0 Å². The van der Waals surface area contributed by atoms with Gasteiger partial charge in [0.2, 0.25) is 0 Å². The number of pyridine rings is 2. The summed E-state index contributed by atoms with van der Waals surface area (Å²) in [6, 6.07) is 13.5. The molecule has 1 aliphatic rings. The van der Waals surface area contributed by atoms with Gasteiger partial charge >= 0.3 is 12.1 Å². The lowest BCUT2D eigenvalue weighted by molar-refractivity contribution is -0.142. The first-order valence-electron chi connectivity index (χ1n) is 11.7. The van der Waals surface area contributed by atoms with Crippen molar-refractivity contribution < 1.29 is 27.5 Å². The van der Waals surface area contributed by atoms with E-state index < -0.39 is 17.8 Å². The van der Waals surface area contributed by atoms with Crippen LogP contribution in [0.5, 0.6) is 0 Å². The predicted octanol–water partition coefficient (Wildman–Crippen LogP) is 6.25. The summed E-state index contributed by atoms with van der Waals surface area (Å²) < 4.78 is 42.7. The van der Waals surface area contributed by atoms with Crippen LogP contribution in [0.25, 0.3) is 11.3 Å². The van der Waals surface area contributed by atoms with Gasteiger partial charge in [0.1, 0.15) is 5.69 Å². The summed E-state index contributed by atoms with van der Waals surface area (Å²) in [4.78, 5) is 31.6. The van der Waals surface area contributed by atoms with Gasteiger partial charge in [-0.3, -0.25) is 14.6 Å². The lowest BCUT2D eigenvalue weighted by Gasteiger charge is -2.28. The Hall–Kier alpha value is -3.75. The Kier molecular flexibility index (Phi) is 7.67. The Balaban J connectivity index is 1.34. The van der Waals surface area contributed by atoms with Crippen LogP contribution in [-0.2, 0) is 15.7 Å². The molecule has 0 radical (unpaired) electrons. The van der Waals surface area contributed by atoms with E-state index in [1.807, 2.05) is 12.1 Å². The van der Waals surface area contributed by atoms with Gasteiger partial charge in [-0.2, -0.15) is 13.2 Å². The number of rotatable bonds is 6. The monoisotopic (exact) mass is 497 g/mol. The number of esters is 1. The quantitative estimate of drug-likeness (QED) is 0.407. The second kappa shape index (κ2) is 10.9. The van der Waals surface area contributed by atoms with E-state index in [1.54, 1.807) is 12.1 Å². The number of anilines is 1. The van der Waals surface area contributed by atoms with Gasteiger partial charge in [-0.15, -0.1) is 0 Å². The van der Waals surface area contributed by atoms with E-state index in [0.717, 1.165) is 49.6 Å². The van der Waals surface area contributed by atoms with Gasteiger partial charge in [-0.25, -0.2) is 4.98 Å². The minimum atomic E-state index is -4.54. The van der Waals surface area contributed by atoms with E-state index in [-0.39, 0.29) is 17.2 Å². The Labute approximate surface area is 206 Å². The van der Waals surface area contributed by atoms with Gasteiger partial charge in [0.25, 0.3) is 5.91 Å². The number of hydrogen-bond acceptors (Lipinski definition) is 5. The van der Waals surface area contributed by atoms with Crippen molar-refractivity contribution in [2.24, 2.45) is 5.92 Å². The summed E-state index contributed by atoms with van der Waals surface area (Å²) in [6.07, 6.45) is 2.45. The summed E-state index contributed by atoms with van der Waals surface area (Å²) >= 11 is 0. The molecule has 1 fully saturated rings. The highest BCUT2D eigenvalue weighted by Crippen LogP contribution is 2.37. The van der Waals surface area contributed by atoms with Gasteiger partial charge in [0.15, 0.2) is 0 Å². The summed E-state index contributed by atoms with van der Waals surface area (Å²) in [5, 5.41) is 2.52. The molecular weight excluding hydrogens is 471 g/mol. The molecule has 0 bridgehead atoms. The molecule has 0 spiro atoms. The van der Waals surface area contributed by atoms with Crippen molar-refractivity contribution in [1.82, 2.24) is 9.97 Å². The van der Waals surface area contributed by atoms with Crippen LogP contribution in [0, 0.1) is 5.92 Å². The fourth-order valence-corrected chi connectivity index (χ4v) is 4.48. The molecule has 3 aromatic rings. The van der Waals surface area contributed by atoms with E-state index in [0.29, 0.717) is 24.0 Å². The maximum absolute atomic E-state index is 12.6. The molecule has 2 aromatic heterocycles. The van der Waals surface area contributed by atoms with Crippen LogP contribution in [-0.4, -0.2) is 29.0 Å². The number of alkyl halides is 3. The Morgan fingerprint density at radius 1 is 0.944 bits per heavy atom. The Bertz CT molecular complexity index is 1190. The highest BCUT2D eigenvalue weighted by atomic mass is 19.4. The maximum atomic E-state index is 12.6. The topological polar surface area (TPSA) is 81.2 Å². The van der Waals surface area contributed by atoms with Gasteiger partial charge in [0, 0.05) is 18.2 Å². The van der Waals surface area contributed by atoms with Crippen LogP contribution in [0.3, 0.4) is 0 Å². The van der Waals surface area contributed by atoms with Crippen molar-refractivity contribution >= 4 is 17.6 Å². The molecule has 0 saturated heterocycles. The molecule has 6 nitrogen and oxygen atoms in total. The normalized spacial score (nSPS) is 17.9. The van der Waals surface area contributed by atoms with Crippen LogP contribution in [0.1, 0.15) is 59.6 Å². The van der Waals surface area contributed by atoms with Crippen molar-refractivity contribution in [3.8, 4) is 11.3 Å². The first-order valence-corrected chi connectivity index (χ1v) is 11.7. The minimum Gasteiger partial charge on any atom is -0.469 e. The molecule has 0 aliphatic heterocycles. The number of halogens is 3. The molecule has 0 unspecified atom stereocenters. The molecule has 1 N–H and O–H groups in total. The minimum absolute atomic E-state index is 0.143. The molecule has 9 heteroatoms. The van der Waals surface area contributed by atoms with Gasteiger partial charge < -0.3 is 10.1 Å². The van der Waals surface area contributed by atoms with Gasteiger partial charge in [-0.05, 0) is 67.3 Å². The van der Waals surface area contributed by atoms with E-state index in [2.05, 4.69) is 27.4 Å². The number of ether oxygens (including phenoxy) is 1. The Morgan fingerprint density at radius 2 is 1.67 bits per heavy atom. The number of nitrogens with zero attached hydrogens (tertiary/aromatic N) is 2. The second-order valence-electron chi connectivity index (χ2n) is 8.94. The molecule has 1 saturated carbocycles. The molecule has 36 heavy (non-hydrogen) atoms. The zero-order chi connectivity index (χ0) is 25.7. The van der Waals surface area contributed by atoms with Crippen LogP contribution in [0.15, 0.2) is 60.9 Å². The molecule has 0 atom stereocenters. The van der Waals surface area contributed by atoms with Crippen molar-refractivity contribution in [2.75, 3.05) is 12.4 Å². The number of amides is 1. The molecule has 4 rings (SSSR count). The average molecular weight is 498 g/mol. The molecule has 1 aromatic carbocycles. The van der Waals surface area contributed by atoms with E-state index in [9.17, 15) is 22.8 Å². The van der Waals surface area contributed by atoms with Crippen LogP contribution in [0.2, 0.25) is 0 Å². The fraction of sp³-hybridized carbons (Fsp3) is 0.333. The molecule has 1 aliphatic carbocycles. The molecule has 188 valence electrons. The summed E-state index contributed by atoms with van der Waals surface area (Å²) in [7, 11) is 1.42. The van der Waals surface area contributed by atoms with E-state index in [1.165, 1.54) is 18.9 Å². The number of methoxy groups -OCH3 is 1. The molecule has 1 amide bonds. The summed E-state index contributed by atoms with van der Waals surface area (Å²) in [5.74, 6) is 0.222. The Morgan fingerprint density at radius 3 is 2.22 bits per heavy atom. The number of carbonyl (C=O) groups is 2. The zero-order valence-electron chi connectivity index (χ0n) is 19.7. The number of nitrogens with one attached hydrogen (secondary N) is 1. The highest BCUT2D eigenvalue weighted by Gasteiger charge is 2.32. The van der Waals surface area contributed by atoms with E-state index in [4.69, 9.17) is 4.74 Å². The predicted molar refractivity (Wildman–Crippen MR) is 128 cm³/mol. The summed E-state index contributed by atoms with van der Waals surface area (Å²) in [6.45, 7) is 0.